The van der Waals surface area contributed by atoms with Gasteiger partial charge in [-0.05, 0) is 66.6 Å². The number of aromatic nitrogens is 1. The van der Waals surface area contributed by atoms with Gasteiger partial charge in [0.15, 0.2) is 0 Å². The Balaban J connectivity index is 1.60. The van der Waals surface area contributed by atoms with Crippen LogP contribution < -0.4 is 4.72 Å². The molecular formula is C22H19BrN2O2S2. The number of sulfonamides is 1. The second kappa shape index (κ2) is 7.00. The maximum atomic E-state index is 12.8. The van der Waals surface area contributed by atoms with E-state index in [9.17, 15) is 8.42 Å². The fourth-order valence-electron chi connectivity index (χ4n) is 4.23. The van der Waals surface area contributed by atoms with E-state index in [2.05, 4.69) is 43.8 Å². The van der Waals surface area contributed by atoms with E-state index in [1.807, 2.05) is 25.1 Å². The number of anilines is 1. The van der Waals surface area contributed by atoms with Crippen molar-refractivity contribution < 1.29 is 8.42 Å². The summed E-state index contributed by atoms with van der Waals surface area (Å²) in [6, 6.07) is 15.6. The van der Waals surface area contributed by atoms with Crippen molar-refractivity contribution in [1.29, 1.82) is 0 Å². The average Bonchev–Trinajstić information content (AvgIpc) is 3.40. The smallest absolute Gasteiger partial charge is 0.271 e. The first-order chi connectivity index (χ1) is 13.9. The summed E-state index contributed by atoms with van der Waals surface area (Å²) in [6.07, 6.45) is 1.93. The topological polar surface area (TPSA) is 62.0 Å². The highest BCUT2D eigenvalue weighted by Crippen LogP contribution is 2.44. The van der Waals surface area contributed by atoms with Gasteiger partial charge in [0.25, 0.3) is 10.0 Å². The molecule has 1 unspecified atom stereocenters. The number of hydrogen-bond donors (Lipinski definition) is 2. The molecule has 7 heteroatoms. The predicted octanol–water partition coefficient (Wildman–Crippen LogP) is 6.18. The van der Waals surface area contributed by atoms with Crippen LogP contribution in [0.5, 0.6) is 0 Å². The molecule has 0 saturated heterocycles. The second-order valence-electron chi connectivity index (χ2n) is 7.43. The molecule has 0 spiro atoms. The number of fused-ring (bicyclic) bond motifs is 3. The summed E-state index contributed by atoms with van der Waals surface area (Å²) in [4.78, 5) is 3.59. The van der Waals surface area contributed by atoms with Gasteiger partial charge in [-0.25, -0.2) is 8.42 Å². The fourth-order valence-corrected chi connectivity index (χ4v) is 6.67. The summed E-state index contributed by atoms with van der Waals surface area (Å²) in [5.74, 6) is 0.136. The van der Waals surface area contributed by atoms with Crippen LogP contribution in [0.2, 0.25) is 0 Å². The lowest BCUT2D eigenvalue weighted by Crippen LogP contribution is -2.14. The molecule has 4 aromatic rings. The summed E-state index contributed by atoms with van der Waals surface area (Å²) < 4.78 is 29.9. The van der Waals surface area contributed by atoms with E-state index in [1.54, 1.807) is 17.5 Å². The van der Waals surface area contributed by atoms with Gasteiger partial charge < -0.3 is 4.98 Å². The third-order valence-corrected chi connectivity index (χ3v) is 8.78. The van der Waals surface area contributed by atoms with E-state index in [-0.39, 0.29) is 5.92 Å². The van der Waals surface area contributed by atoms with Gasteiger partial charge in [-0.2, -0.15) is 0 Å². The van der Waals surface area contributed by atoms with E-state index < -0.39 is 10.0 Å². The molecule has 0 bridgehead atoms. The van der Waals surface area contributed by atoms with Crippen molar-refractivity contribution in [3.63, 3.8) is 0 Å². The monoisotopic (exact) mass is 486 g/mol. The number of halogens is 1. The first-order valence-corrected chi connectivity index (χ1v) is 12.5. The first kappa shape index (κ1) is 18.9. The van der Waals surface area contributed by atoms with Gasteiger partial charge in [0.1, 0.15) is 4.21 Å². The predicted molar refractivity (Wildman–Crippen MR) is 122 cm³/mol. The third-order valence-electron chi connectivity index (χ3n) is 5.52. The van der Waals surface area contributed by atoms with Crippen LogP contribution in [0.3, 0.4) is 0 Å². The Morgan fingerprint density at radius 2 is 2.03 bits per heavy atom. The molecule has 0 radical (unpaired) electrons. The van der Waals surface area contributed by atoms with Crippen molar-refractivity contribution in [3.05, 3.63) is 80.8 Å². The largest absolute Gasteiger partial charge is 0.358 e. The molecule has 0 aliphatic heterocycles. The lowest BCUT2D eigenvalue weighted by Gasteiger charge is -2.18. The van der Waals surface area contributed by atoms with Gasteiger partial charge in [-0.15, -0.1) is 11.3 Å². The second-order valence-corrected chi connectivity index (χ2v) is 11.2. The standard InChI is InChI=1S/C22H19BrN2O2S2/c1-13-4-8-20(25-29(26,27)21-3-2-10-28-21)17(11-13)15-6-7-16-18-12-14(23)5-9-19(18)24-22(15)16/h2-5,8-12,15,24-25H,6-7H2,1H3. The number of nitrogens with one attached hydrogen (secondary N) is 2. The van der Waals surface area contributed by atoms with Crippen LogP contribution in [-0.2, 0) is 16.4 Å². The molecule has 2 heterocycles. The van der Waals surface area contributed by atoms with Crippen LogP contribution in [0.4, 0.5) is 5.69 Å². The van der Waals surface area contributed by atoms with Crippen molar-refractivity contribution in [3.8, 4) is 0 Å². The minimum Gasteiger partial charge on any atom is -0.358 e. The van der Waals surface area contributed by atoms with E-state index in [4.69, 9.17) is 0 Å². The van der Waals surface area contributed by atoms with Crippen molar-refractivity contribution in [2.75, 3.05) is 4.72 Å². The van der Waals surface area contributed by atoms with Gasteiger partial charge in [0.2, 0.25) is 0 Å². The molecule has 0 fully saturated rings. The van der Waals surface area contributed by atoms with Gasteiger partial charge in [-0.1, -0.05) is 39.7 Å². The maximum absolute atomic E-state index is 12.8. The Labute approximate surface area is 182 Å². The minimum absolute atomic E-state index is 0.136. The lowest BCUT2D eigenvalue weighted by molar-refractivity contribution is 0.603. The molecule has 5 rings (SSSR count). The number of aromatic amines is 1. The molecule has 0 saturated carbocycles. The van der Waals surface area contributed by atoms with Crippen molar-refractivity contribution in [2.45, 2.75) is 29.9 Å². The van der Waals surface area contributed by atoms with E-state index in [0.29, 0.717) is 9.90 Å². The third kappa shape index (κ3) is 3.31. The zero-order valence-corrected chi connectivity index (χ0v) is 18.9. The summed E-state index contributed by atoms with van der Waals surface area (Å²) in [6.45, 7) is 2.04. The zero-order valence-electron chi connectivity index (χ0n) is 15.7. The number of hydrogen-bond acceptors (Lipinski definition) is 3. The van der Waals surface area contributed by atoms with Gasteiger partial charge in [-0.3, -0.25) is 4.72 Å². The van der Waals surface area contributed by atoms with Crippen LogP contribution in [0.1, 0.15) is 34.7 Å². The molecule has 1 atom stereocenters. The maximum Gasteiger partial charge on any atom is 0.271 e. The molecule has 1 aliphatic carbocycles. The van der Waals surface area contributed by atoms with Crippen LogP contribution in [-0.4, -0.2) is 13.4 Å². The molecular weight excluding hydrogens is 468 g/mol. The molecule has 2 aromatic carbocycles. The Morgan fingerprint density at radius 3 is 2.83 bits per heavy atom. The van der Waals surface area contributed by atoms with E-state index in [0.717, 1.165) is 34.0 Å². The van der Waals surface area contributed by atoms with Crippen LogP contribution >= 0.6 is 27.3 Å². The van der Waals surface area contributed by atoms with Gasteiger partial charge >= 0.3 is 0 Å². The average molecular weight is 487 g/mol. The van der Waals surface area contributed by atoms with E-state index in [1.165, 1.54) is 28.0 Å². The Hall–Kier alpha value is -2.09. The SMILES string of the molecule is Cc1ccc(NS(=O)(=O)c2cccs2)c(C2CCc3c2[nH]c2ccc(Br)cc32)c1. The van der Waals surface area contributed by atoms with Crippen LogP contribution in [0.15, 0.2) is 62.6 Å². The molecule has 2 N–H and O–H groups in total. The number of benzene rings is 2. The van der Waals surface area contributed by atoms with Crippen molar-refractivity contribution in [1.82, 2.24) is 4.98 Å². The molecule has 1 aliphatic rings. The quantitative estimate of drug-likeness (QED) is 0.361. The Morgan fingerprint density at radius 1 is 1.17 bits per heavy atom. The number of aryl methyl sites for hydroxylation is 2. The highest BCUT2D eigenvalue weighted by Gasteiger charge is 2.30. The molecule has 2 aromatic heterocycles. The minimum atomic E-state index is -3.59. The van der Waals surface area contributed by atoms with Crippen molar-refractivity contribution >= 4 is 53.9 Å². The Bertz CT molecular complexity index is 1320. The van der Waals surface area contributed by atoms with Gasteiger partial charge in [0.05, 0.1) is 5.69 Å². The highest BCUT2D eigenvalue weighted by molar-refractivity contribution is 9.10. The number of H-pyrrole nitrogens is 1. The summed E-state index contributed by atoms with van der Waals surface area (Å²) in [5, 5.41) is 3.02. The summed E-state index contributed by atoms with van der Waals surface area (Å²) in [5.41, 5.74) is 6.44. The summed E-state index contributed by atoms with van der Waals surface area (Å²) in [7, 11) is -3.59. The number of rotatable bonds is 4. The molecule has 0 amide bonds. The zero-order chi connectivity index (χ0) is 20.2. The molecule has 4 nitrogen and oxygen atoms in total. The Kier molecular flexibility index (Phi) is 4.57. The summed E-state index contributed by atoms with van der Waals surface area (Å²) >= 11 is 4.79. The van der Waals surface area contributed by atoms with Gasteiger partial charge in [0, 0.05) is 27.0 Å². The lowest BCUT2D eigenvalue weighted by atomic mass is 9.94. The fraction of sp³-hybridized carbons (Fsp3) is 0.182. The van der Waals surface area contributed by atoms with Crippen LogP contribution in [0, 0.1) is 6.92 Å². The first-order valence-electron chi connectivity index (χ1n) is 9.39. The van der Waals surface area contributed by atoms with E-state index >= 15 is 0 Å². The van der Waals surface area contributed by atoms with Crippen molar-refractivity contribution in [2.24, 2.45) is 0 Å². The normalized spacial score (nSPS) is 16.3. The molecule has 29 heavy (non-hydrogen) atoms. The number of thiophene rings is 1. The molecule has 148 valence electrons. The van der Waals surface area contributed by atoms with Crippen LogP contribution in [0.25, 0.3) is 10.9 Å². The highest BCUT2D eigenvalue weighted by atomic mass is 79.9.